The Balaban J connectivity index is 2.95. The van der Waals surface area contributed by atoms with Gasteiger partial charge in [-0.25, -0.2) is 0 Å². The summed E-state index contributed by atoms with van der Waals surface area (Å²) in [5.41, 5.74) is 5.51. The zero-order chi connectivity index (χ0) is 19.0. The minimum atomic E-state index is 0.871. The molecule has 0 aliphatic carbocycles. The molecule has 0 heterocycles. The fourth-order valence-corrected chi connectivity index (χ4v) is 3.75. The van der Waals surface area contributed by atoms with Crippen molar-refractivity contribution in [3.63, 3.8) is 0 Å². The molecule has 0 saturated heterocycles. The summed E-state index contributed by atoms with van der Waals surface area (Å²) in [4.78, 5) is 0. The Kier molecular flexibility index (Phi) is 24.8. The molecule has 0 amide bonds. The van der Waals surface area contributed by atoms with Crippen molar-refractivity contribution in [1.29, 1.82) is 0 Å². The molecule has 0 rings (SSSR count). The highest BCUT2D eigenvalue weighted by atomic mass is 16.5. The van der Waals surface area contributed by atoms with Crippen LogP contribution in [0.1, 0.15) is 135 Å². The number of rotatable bonds is 23. The molecule has 0 aromatic heterocycles. The zero-order valence-corrected chi connectivity index (χ0v) is 18.2. The minimum Gasteiger partial charge on any atom is -0.385 e. The first kappa shape index (κ1) is 25.9. The summed E-state index contributed by atoms with van der Waals surface area (Å²) >= 11 is 0. The predicted octanol–water partition coefficient (Wildman–Crippen LogP) is 7.78. The summed E-state index contributed by atoms with van der Waals surface area (Å²) in [5.74, 6) is 0. The third-order valence-electron chi connectivity index (χ3n) is 5.55. The van der Waals surface area contributed by atoms with Gasteiger partial charge in [0, 0.05) is 13.7 Å². The molecule has 0 saturated carbocycles. The Morgan fingerprint density at radius 3 is 0.846 bits per heavy atom. The fourth-order valence-electron chi connectivity index (χ4n) is 3.75. The van der Waals surface area contributed by atoms with E-state index in [1.807, 2.05) is 0 Å². The van der Waals surface area contributed by atoms with Crippen LogP contribution < -0.4 is 5.73 Å². The summed E-state index contributed by atoms with van der Waals surface area (Å²) in [6.07, 6.45) is 29.8. The summed E-state index contributed by atoms with van der Waals surface area (Å²) in [6.45, 7) is 1.81. The Morgan fingerprint density at radius 1 is 0.385 bits per heavy atom. The van der Waals surface area contributed by atoms with Crippen molar-refractivity contribution >= 4 is 0 Å². The normalized spacial score (nSPS) is 11.3. The van der Waals surface area contributed by atoms with Crippen LogP contribution in [-0.2, 0) is 4.74 Å². The highest BCUT2D eigenvalue weighted by molar-refractivity contribution is 4.51. The summed E-state index contributed by atoms with van der Waals surface area (Å²) in [6, 6.07) is 0. The predicted molar refractivity (Wildman–Crippen MR) is 118 cm³/mol. The maximum absolute atomic E-state index is 5.51. The number of hydrogen-bond donors (Lipinski definition) is 1. The maximum Gasteiger partial charge on any atom is 0.0462 e. The number of hydrogen-bond acceptors (Lipinski definition) is 2. The van der Waals surface area contributed by atoms with E-state index in [0.717, 1.165) is 13.2 Å². The van der Waals surface area contributed by atoms with Crippen LogP contribution in [0.15, 0.2) is 0 Å². The molecule has 0 aliphatic heterocycles. The van der Waals surface area contributed by atoms with Crippen LogP contribution in [0.4, 0.5) is 0 Å². The lowest BCUT2D eigenvalue weighted by atomic mass is 10.0. The molecule has 0 bridgehead atoms. The number of nitrogens with two attached hydrogens (primary N) is 1. The van der Waals surface area contributed by atoms with Crippen molar-refractivity contribution in [2.45, 2.75) is 135 Å². The zero-order valence-electron chi connectivity index (χ0n) is 18.2. The largest absolute Gasteiger partial charge is 0.385 e. The van der Waals surface area contributed by atoms with Gasteiger partial charge in [0.15, 0.2) is 0 Å². The molecule has 0 aromatic rings. The van der Waals surface area contributed by atoms with E-state index in [-0.39, 0.29) is 0 Å². The van der Waals surface area contributed by atoms with E-state index in [0.29, 0.717) is 0 Å². The van der Waals surface area contributed by atoms with E-state index >= 15 is 0 Å². The minimum absolute atomic E-state index is 0.871. The van der Waals surface area contributed by atoms with Crippen molar-refractivity contribution < 1.29 is 4.74 Å². The van der Waals surface area contributed by atoms with Gasteiger partial charge < -0.3 is 10.5 Å². The molecule has 0 spiro atoms. The lowest BCUT2D eigenvalue weighted by Gasteiger charge is -2.04. The van der Waals surface area contributed by atoms with Crippen LogP contribution in [0.2, 0.25) is 0 Å². The van der Waals surface area contributed by atoms with Crippen molar-refractivity contribution in [2.75, 3.05) is 20.3 Å². The monoisotopic (exact) mass is 369 g/mol. The first-order chi connectivity index (χ1) is 12.9. The lowest BCUT2D eigenvalue weighted by molar-refractivity contribution is 0.192. The van der Waals surface area contributed by atoms with Gasteiger partial charge in [0.25, 0.3) is 0 Å². The van der Waals surface area contributed by atoms with Gasteiger partial charge in [0.2, 0.25) is 0 Å². The fraction of sp³-hybridized carbons (Fsp3) is 1.00. The molecule has 0 fully saturated rings. The molecule has 0 aliphatic rings. The van der Waals surface area contributed by atoms with Gasteiger partial charge in [-0.15, -0.1) is 0 Å². The Hall–Kier alpha value is -0.0800. The van der Waals surface area contributed by atoms with Crippen LogP contribution in [0.3, 0.4) is 0 Å². The first-order valence-corrected chi connectivity index (χ1v) is 12.1. The number of ether oxygens (including phenoxy) is 1. The average Bonchev–Trinajstić information content (AvgIpc) is 2.66. The quantitative estimate of drug-likeness (QED) is 0.187. The average molecular weight is 370 g/mol. The molecule has 2 heteroatoms. The van der Waals surface area contributed by atoms with Crippen molar-refractivity contribution in [3.05, 3.63) is 0 Å². The van der Waals surface area contributed by atoms with Crippen LogP contribution in [0.5, 0.6) is 0 Å². The van der Waals surface area contributed by atoms with Crippen LogP contribution in [0, 0.1) is 0 Å². The van der Waals surface area contributed by atoms with Crippen LogP contribution >= 0.6 is 0 Å². The van der Waals surface area contributed by atoms with Gasteiger partial charge in [-0.05, 0) is 19.4 Å². The molecular formula is C24H51NO. The van der Waals surface area contributed by atoms with Crippen molar-refractivity contribution in [2.24, 2.45) is 5.73 Å². The molecule has 2 N–H and O–H groups in total. The Bertz CT molecular complexity index is 208. The molecule has 0 radical (unpaired) electrons. The number of methoxy groups -OCH3 is 1. The molecular weight excluding hydrogens is 318 g/mol. The second-order valence-electron chi connectivity index (χ2n) is 8.21. The second-order valence-corrected chi connectivity index (χ2v) is 8.21. The molecule has 0 aromatic carbocycles. The van der Waals surface area contributed by atoms with Crippen LogP contribution in [-0.4, -0.2) is 20.3 Å². The van der Waals surface area contributed by atoms with E-state index < -0.39 is 0 Å². The Morgan fingerprint density at radius 2 is 0.615 bits per heavy atom. The van der Waals surface area contributed by atoms with Crippen LogP contribution in [0.25, 0.3) is 0 Å². The topological polar surface area (TPSA) is 35.2 Å². The lowest BCUT2D eigenvalue weighted by Crippen LogP contribution is -1.97. The van der Waals surface area contributed by atoms with Gasteiger partial charge in [0.05, 0.1) is 0 Å². The van der Waals surface area contributed by atoms with Gasteiger partial charge in [-0.3, -0.25) is 0 Å². The van der Waals surface area contributed by atoms with E-state index in [2.05, 4.69) is 0 Å². The molecule has 26 heavy (non-hydrogen) atoms. The SMILES string of the molecule is COCCCCCCCCCCCCCCCCCCCCCCCN. The third-order valence-corrected chi connectivity index (χ3v) is 5.55. The first-order valence-electron chi connectivity index (χ1n) is 12.1. The van der Waals surface area contributed by atoms with Crippen molar-refractivity contribution in [3.8, 4) is 0 Å². The number of unbranched alkanes of at least 4 members (excludes halogenated alkanes) is 20. The van der Waals surface area contributed by atoms with Gasteiger partial charge >= 0.3 is 0 Å². The van der Waals surface area contributed by atoms with E-state index in [1.165, 1.54) is 135 Å². The molecule has 0 unspecified atom stereocenters. The summed E-state index contributed by atoms with van der Waals surface area (Å²) in [5, 5.41) is 0. The molecule has 2 nitrogen and oxygen atoms in total. The standard InChI is InChI=1S/C24H51NO/c1-26-24-22-20-18-16-14-12-10-8-6-4-2-3-5-7-9-11-13-15-17-19-21-23-25/h2-25H2,1H3. The van der Waals surface area contributed by atoms with E-state index in [1.54, 1.807) is 7.11 Å². The van der Waals surface area contributed by atoms with E-state index in [9.17, 15) is 0 Å². The molecule has 158 valence electrons. The molecule has 0 atom stereocenters. The van der Waals surface area contributed by atoms with Gasteiger partial charge in [-0.2, -0.15) is 0 Å². The highest BCUT2D eigenvalue weighted by Crippen LogP contribution is 2.14. The van der Waals surface area contributed by atoms with Crippen molar-refractivity contribution in [1.82, 2.24) is 0 Å². The third kappa shape index (κ3) is 23.9. The highest BCUT2D eigenvalue weighted by Gasteiger charge is 1.95. The second kappa shape index (κ2) is 24.9. The summed E-state index contributed by atoms with van der Waals surface area (Å²) < 4.78 is 5.08. The smallest absolute Gasteiger partial charge is 0.0462 e. The van der Waals surface area contributed by atoms with Gasteiger partial charge in [-0.1, -0.05) is 122 Å². The Labute approximate surface area is 166 Å². The van der Waals surface area contributed by atoms with Gasteiger partial charge in [0.1, 0.15) is 0 Å². The van der Waals surface area contributed by atoms with E-state index in [4.69, 9.17) is 10.5 Å². The maximum atomic E-state index is 5.51. The summed E-state index contributed by atoms with van der Waals surface area (Å²) in [7, 11) is 1.80.